The first-order valence-corrected chi connectivity index (χ1v) is 10.2. The predicted octanol–water partition coefficient (Wildman–Crippen LogP) is 3.48. The van der Waals surface area contributed by atoms with Crippen molar-refractivity contribution in [2.75, 3.05) is 10.6 Å². The molecule has 0 fully saturated rings. The van der Waals surface area contributed by atoms with Gasteiger partial charge in [-0.1, -0.05) is 24.3 Å². The number of nitrogens with zero attached hydrogens (tertiary/aromatic N) is 1. The van der Waals surface area contributed by atoms with Crippen LogP contribution in [-0.2, 0) is 27.5 Å². The summed E-state index contributed by atoms with van der Waals surface area (Å²) in [6.07, 6.45) is -3.49. The smallest absolute Gasteiger partial charge is 0.350 e. The molecule has 2 aromatic rings. The van der Waals surface area contributed by atoms with Gasteiger partial charge >= 0.3 is 6.18 Å². The highest BCUT2D eigenvalue weighted by atomic mass is 32.2. The van der Waals surface area contributed by atoms with Crippen LogP contribution in [0.5, 0.6) is 0 Å². The number of hydrogen-bond donors (Lipinski definition) is 1. The zero-order valence-electron chi connectivity index (χ0n) is 15.6. The van der Waals surface area contributed by atoms with Gasteiger partial charge in [0, 0.05) is 6.54 Å². The maximum Gasteiger partial charge on any atom is 0.416 e. The molecule has 0 saturated heterocycles. The third-order valence-corrected chi connectivity index (χ3v) is 5.31. The molecule has 0 aliphatic rings. The number of nitrogens with one attached hydrogen (secondary N) is 1. The molecular formula is C19H21F3N2O3S. The lowest BCUT2D eigenvalue weighted by Crippen LogP contribution is -2.47. The lowest BCUT2D eigenvalue weighted by molar-refractivity contribution is -0.137. The molecule has 1 N–H and O–H groups in total. The minimum absolute atomic E-state index is 0.154. The highest BCUT2D eigenvalue weighted by Crippen LogP contribution is 2.29. The van der Waals surface area contributed by atoms with E-state index in [4.69, 9.17) is 0 Å². The summed E-state index contributed by atoms with van der Waals surface area (Å²) in [5, 5.41) is 2.50. The van der Waals surface area contributed by atoms with Crippen LogP contribution < -0.4 is 9.62 Å². The van der Waals surface area contributed by atoms with Crippen LogP contribution in [0.2, 0.25) is 0 Å². The van der Waals surface area contributed by atoms with Crippen molar-refractivity contribution in [3.63, 3.8) is 0 Å². The Kier molecular flexibility index (Phi) is 6.38. The monoisotopic (exact) mass is 414 g/mol. The van der Waals surface area contributed by atoms with Gasteiger partial charge in [-0.2, -0.15) is 13.2 Å². The second-order valence-electron chi connectivity index (χ2n) is 6.49. The Labute approximate surface area is 162 Å². The second-order valence-corrected chi connectivity index (χ2v) is 8.35. The van der Waals surface area contributed by atoms with Gasteiger partial charge < -0.3 is 5.32 Å². The maximum atomic E-state index is 12.8. The van der Waals surface area contributed by atoms with Crippen molar-refractivity contribution >= 4 is 21.6 Å². The molecule has 1 amide bonds. The Bertz CT molecular complexity index is 959. The molecule has 0 aliphatic heterocycles. The van der Waals surface area contributed by atoms with Crippen molar-refractivity contribution < 1.29 is 26.4 Å². The molecule has 152 valence electrons. The number of carbonyl (C=O) groups is 1. The molecule has 2 aromatic carbocycles. The largest absolute Gasteiger partial charge is 0.416 e. The van der Waals surface area contributed by atoms with Crippen LogP contribution in [-0.4, -0.2) is 26.6 Å². The molecular weight excluding hydrogens is 393 g/mol. The molecule has 0 aromatic heterocycles. The highest BCUT2D eigenvalue weighted by Gasteiger charge is 2.31. The molecule has 28 heavy (non-hydrogen) atoms. The number of alkyl halides is 3. The van der Waals surface area contributed by atoms with Gasteiger partial charge in [-0.15, -0.1) is 0 Å². The van der Waals surface area contributed by atoms with E-state index in [1.54, 1.807) is 31.2 Å². The van der Waals surface area contributed by atoms with Crippen LogP contribution in [0.3, 0.4) is 0 Å². The van der Waals surface area contributed by atoms with Crippen LogP contribution >= 0.6 is 0 Å². The summed E-state index contributed by atoms with van der Waals surface area (Å²) < 4.78 is 63.8. The maximum absolute atomic E-state index is 12.8. The number of hydrogen-bond acceptors (Lipinski definition) is 3. The van der Waals surface area contributed by atoms with Gasteiger partial charge in [0.25, 0.3) is 0 Å². The first kappa shape index (κ1) is 21.7. The van der Waals surface area contributed by atoms with Crippen LogP contribution in [0, 0.1) is 6.92 Å². The van der Waals surface area contributed by atoms with Crippen molar-refractivity contribution in [1.29, 1.82) is 0 Å². The van der Waals surface area contributed by atoms with E-state index in [2.05, 4.69) is 5.32 Å². The Morgan fingerprint density at radius 3 is 2.36 bits per heavy atom. The number of benzene rings is 2. The molecule has 9 heteroatoms. The Balaban J connectivity index is 2.18. The van der Waals surface area contributed by atoms with Crippen molar-refractivity contribution in [2.45, 2.75) is 32.6 Å². The van der Waals surface area contributed by atoms with Gasteiger partial charge in [-0.05, 0) is 49.2 Å². The molecule has 0 bridgehead atoms. The van der Waals surface area contributed by atoms with Gasteiger partial charge in [0.1, 0.15) is 6.04 Å². The predicted molar refractivity (Wildman–Crippen MR) is 101 cm³/mol. The third-order valence-electron chi connectivity index (χ3n) is 4.07. The molecule has 0 saturated carbocycles. The minimum Gasteiger partial charge on any atom is -0.350 e. The van der Waals surface area contributed by atoms with Crippen molar-refractivity contribution in [2.24, 2.45) is 0 Å². The number of aryl methyl sites for hydroxylation is 1. The first-order valence-electron chi connectivity index (χ1n) is 8.39. The molecule has 5 nitrogen and oxygen atoms in total. The van der Waals surface area contributed by atoms with E-state index in [9.17, 15) is 26.4 Å². The first-order chi connectivity index (χ1) is 12.9. The van der Waals surface area contributed by atoms with Crippen molar-refractivity contribution in [3.05, 3.63) is 65.2 Å². The Hall–Kier alpha value is -2.55. The second kappa shape index (κ2) is 8.22. The van der Waals surface area contributed by atoms with E-state index >= 15 is 0 Å². The quantitative estimate of drug-likeness (QED) is 0.787. The lowest BCUT2D eigenvalue weighted by Gasteiger charge is -2.28. The average molecular weight is 414 g/mol. The van der Waals surface area contributed by atoms with E-state index in [1.165, 1.54) is 19.1 Å². The normalized spacial score (nSPS) is 13.1. The molecule has 0 heterocycles. The molecule has 0 radical (unpaired) electrons. The average Bonchev–Trinajstić information content (AvgIpc) is 2.58. The molecule has 1 unspecified atom stereocenters. The fourth-order valence-electron chi connectivity index (χ4n) is 2.77. The van der Waals surface area contributed by atoms with Gasteiger partial charge in [0.15, 0.2) is 0 Å². The van der Waals surface area contributed by atoms with Crippen LogP contribution in [0.1, 0.15) is 23.6 Å². The fraction of sp³-hybridized carbons (Fsp3) is 0.316. The van der Waals surface area contributed by atoms with E-state index < -0.39 is 33.7 Å². The van der Waals surface area contributed by atoms with Crippen molar-refractivity contribution in [3.8, 4) is 0 Å². The number of halogens is 3. The summed E-state index contributed by atoms with van der Waals surface area (Å²) in [6, 6.07) is 10.2. The zero-order valence-corrected chi connectivity index (χ0v) is 16.4. The van der Waals surface area contributed by atoms with Crippen LogP contribution in [0.15, 0.2) is 48.5 Å². The Morgan fingerprint density at radius 2 is 1.79 bits per heavy atom. The number of amides is 1. The van der Waals surface area contributed by atoms with Crippen LogP contribution in [0.25, 0.3) is 0 Å². The topological polar surface area (TPSA) is 66.5 Å². The summed E-state index contributed by atoms with van der Waals surface area (Å²) >= 11 is 0. The number of carbonyl (C=O) groups excluding carboxylic acids is 1. The van der Waals surface area contributed by atoms with Crippen LogP contribution in [0.4, 0.5) is 18.9 Å². The highest BCUT2D eigenvalue weighted by molar-refractivity contribution is 7.92. The minimum atomic E-state index is -4.48. The van der Waals surface area contributed by atoms with Crippen molar-refractivity contribution in [1.82, 2.24) is 5.32 Å². The zero-order chi connectivity index (χ0) is 21.1. The summed E-state index contributed by atoms with van der Waals surface area (Å²) in [6.45, 7) is 3.06. The van der Waals surface area contributed by atoms with Gasteiger partial charge in [0.05, 0.1) is 17.5 Å². The van der Waals surface area contributed by atoms with Gasteiger partial charge in [-0.25, -0.2) is 8.42 Å². The number of rotatable bonds is 6. The summed E-state index contributed by atoms with van der Waals surface area (Å²) in [5.41, 5.74) is 0.605. The number of anilines is 1. The fourth-order valence-corrected chi connectivity index (χ4v) is 3.94. The van der Waals surface area contributed by atoms with E-state index in [1.807, 2.05) is 0 Å². The molecule has 2 rings (SSSR count). The summed E-state index contributed by atoms with van der Waals surface area (Å²) in [7, 11) is -3.76. The van der Waals surface area contributed by atoms with E-state index in [0.29, 0.717) is 5.69 Å². The van der Waals surface area contributed by atoms with E-state index in [-0.39, 0.29) is 12.1 Å². The van der Waals surface area contributed by atoms with Gasteiger partial charge in [-0.3, -0.25) is 9.10 Å². The van der Waals surface area contributed by atoms with Gasteiger partial charge in [0.2, 0.25) is 15.9 Å². The standard InChI is InChI=1S/C19H21F3N2O3S/c1-13-6-4-9-17(10-13)24(28(3,26)27)14(2)18(25)23-12-15-7-5-8-16(11-15)19(20,21)22/h4-11,14H,12H2,1-3H3,(H,23,25). The number of sulfonamides is 1. The lowest BCUT2D eigenvalue weighted by atomic mass is 10.1. The molecule has 0 spiro atoms. The summed E-state index contributed by atoms with van der Waals surface area (Å²) in [4.78, 5) is 12.5. The Morgan fingerprint density at radius 1 is 1.14 bits per heavy atom. The summed E-state index contributed by atoms with van der Waals surface area (Å²) in [5.74, 6) is -0.621. The third kappa shape index (κ3) is 5.48. The molecule has 1 atom stereocenters. The van der Waals surface area contributed by atoms with E-state index in [0.717, 1.165) is 28.3 Å². The SMILES string of the molecule is Cc1cccc(N(C(C)C(=O)NCc2cccc(C(F)(F)F)c2)S(C)(=O)=O)c1. The molecule has 0 aliphatic carbocycles.